The molecule has 1 aliphatic carbocycles. The van der Waals surface area contributed by atoms with Crippen molar-refractivity contribution in [3.8, 4) is 0 Å². The summed E-state index contributed by atoms with van der Waals surface area (Å²) < 4.78 is 0. The number of hydrogen-bond donors (Lipinski definition) is 1. The van der Waals surface area contributed by atoms with Crippen molar-refractivity contribution in [2.24, 2.45) is 11.8 Å². The summed E-state index contributed by atoms with van der Waals surface area (Å²) in [7, 11) is 0. The van der Waals surface area contributed by atoms with Gasteiger partial charge in [0.15, 0.2) is 0 Å². The Labute approximate surface area is 109 Å². The SMILES string of the molecule is CCc1ccc(CC2(O)CCCC(C)C2C)s1. The lowest BCUT2D eigenvalue weighted by Crippen LogP contribution is -2.44. The molecule has 0 aliphatic heterocycles. The van der Waals surface area contributed by atoms with Gasteiger partial charge in [0.2, 0.25) is 0 Å². The largest absolute Gasteiger partial charge is 0.389 e. The first-order chi connectivity index (χ1) is 8.05. The van der Waals surface area contributed by atoms with Gasteiger partial charge in [-0.2, -0.15) is 0 Å². The van der Waals surface area contributed by atoms with Crippen LogP contribution in [0.5, 0.6) is 0 Å². The van der Waals surface area contributed by atoms with Gasteiger partial charge in [-0.15, -0.1) is 11.3 Å². The van der Waals surface area contributed by atoms with E-state index in [1.54, 1.807) is 0 Å². The van der Waals surface area contributed by atoms with Gasteiger partial charge in [0.05, 0.1) is 5.60 Å². The van der Waals surface area contributed by atoms with Crippen molar-refractivity contribution >= 4 is 11.3 Å². The van der Waals surface area contributed by atoms with E-state index in [-0.39, 0.29) is 0 Å². The first-order valence-electron chi connectivity index (χ1n) is 6.85. The molecule has 0 radical (unpaired) electrons. The van der Waals surface area contributed by atoms with Gasteiger partial charge in [-0.05, 0) is 36.8 Å². The van der Waals surface area contributed by atoms with E-state index in [1.807, 2.05) is 11.3 Å². The third-order valence-electron chi connectivity index (χ3n) is 4.52. The standard InChI is InChI=1S/C15H24OS/c1-4-13-7-8-14(17-13)10-15(16)9-5-6-11(2)12(15)3/h7-8,11-12,16H,4-6,9-10H2,1-3H3. The molecule has 0 bridgehead atoms. The van der Waals surface area contributed by atoms with Crippen LogP contribution in [-0.4, -0.2) is 10.7 Å². The second kappa shape index (κ2) is 5.11. The van der Waals surface area contributed by atoms with Crippen molar-refractivity contribution < 1.29 is 5.11 Å². The van der Waals surface area contributed by atoms with Gasteiger partial charge in [0, 0.05) is 16.2 Å². The molecule has 1 heterocycles. The van der Waals surface area contributed by atoms with Gasteiger partial charge in [-0.1, -0.05) is 33.6 Å². The lowest BCUT2D eigenvalue weighted by molar-refractivity contribution is -0.0615. The van der Waals surface area contributed by atoms with Crippen LogP contribution in [-0.2, 0) is 12.8 Å². The number of hydrogen-bond acceptors (Lipinski definition) is 2. The second-order valence-corrected chi connectivity index (χ2v) is 6.91. The molecule has 96 valence electrons. The van der Waals surface area contributed by atoms with Crippen LogP contribution in [0.2, 0.25) is 0 Å². The van der Waals surface area contributed by atoms with Gasteiger partial charge in [-0.3, -0.25) is 0 Å². The van der Waals surface area contributed by atoms with E-state index in [2.05, 4.69) is 32.9 Å². The van der Waals surface area contributed by atoms with Crippen LogP contribution in [0.25, 0.3) is 0 Å². The molecule has 1 aliphatic rings. The molecular weight excluding hydrogens is 228 g/mol. The van der Waals surface area contributed by atoms with Crippen LogP contribution < -0.4 is 0 Å². The minimum Gasteiger partial charge on any atom is -0.389 e. The van der Waals surface area contributed by atoms with E-state index in [9.17, 15) is 5.11 Å². The molecule has 17 heavy (non-hydrogen) atoms. The van der Waals surface area contributed by atoms with Crippen LogP contribution in [0.3, 0.4) is 0 Å². The second-order valence-electron chi connectivity index (χ2n) is 5.66. The van der Waals surface area contributed by atoms with Crippen molar-refractivity contribution in [3.05, 3.63) is 21.9 Å². The molecule has 1 aromatic rings. The number of thiophene rings is 1. The van der Waals surface area contributed by atoms with E-state index >= 15 is 0 Å². The van der Waals surface area contributed by atoms with E-state index in [4.69, 9.17) is 0 Å². The molecule has 1 fully saturated rings. The van der Waals surface area contributed by atoms with E-state index in [1.165, 1.54) is 22.6 Å². The third kappa shape index (κ3) is 2.74. The van der Waals surface area contributed by atoms with Crippen LogP contribution in [0.4, 0.5) is 0 Å². The van der Waals surface area contributed by atoms with Gasteiger partial charge in [-0.25, -0.2) is 0 Å². The Hall–Kier alpha value is -0.340. The van der Waals surface area contributed by atoms with Crippen molar-refractivity contribution in [2.45, 2.75) is 58.5 Å². The summed E-state index contributed by atoms with van der Waals surface area (Å²) in [4.78, 5) is 2.78. The maximum absolute atomic E-state index is 10.9. The summed E-state index contributed by atoms with van der Waals surface area (Å²) in [5.74, 6) is 1.07. The predicted octanol–water partition coefficient (Wildman–Crippen LogP) is 4.04. The maximum Gasteiger partial charge on any atom is 0.0723 e. The molecular formula is C15H24OS. The molecule has 1 aromatic heterocycles. The highest BCUT2D eigenvalue weighted by Crippen LogP contribution is 2.40. The van der Waals surface area contributed by atoms with Crippen molar-refractivity contribution in [3.63, 3.8) is 0 Å². The molecule has 2 heteroatoms. The quantitative estimate of drug-likeness (QED) is 0.861. The number of rotatable bonds is 3. The van der Waals surface area contributed by atoms with Crippen molar-refractivity contribution in [1.82, 2.24) is 0 Å². The molecule has 1 N–H and O–H groups in total. The molecule has 2 rings (SSSR count). The zero-order valence-corrected chi connectivity index (χ0v) is 12.0. The maximum atomic E-state index is 10.9. The first-order valence-corrected chi connectivity index (χ1v) is 7.67. The molecule has 1 nitrogen and oxygen atoms in total. The summed E-state index contributed by atoms with van der Waals surface area (Å²) in [6.07, 6.45) is 5.37. The lowest BCUT2D eigenvalue weighted by Gasteiger charge is -2.42. The average molecular weight is 252 g/mol. The Kier molecular flexibility index (Phi) is 3.94. The fourth-order valence-electron chi connectivity index (χ4n) is 3.00. The predicted molar refractivity (Wildman–Crippen MR) is 74.5 cm³/mol. The Morgan fingerprint density at radius 2 is 2.06 bits per heavy atom. The van der Waals surface area contributed by atoms with Gasteiger partial charge < -0.3 is 5.11 Å². The lowest BCUT2D eigenvalue weighted by atomic mass is 9.69. The summed E-state index contributed by atoms with van der Waals surface area (Å²) >= 11 is 1.87. The summed E-state index contributed by atoms with van der Waals surface area (Å²) in [6.45, 7) is 6.69. The topological polar surface area (TPSA) is 20.2 Å². The zero-order chi connectivity index (χ0) is 12.5. The Morgan fingerprint density at radius 3 is 2.71 bits per heavy atom. The Morgan fingerprint density at radius 1 is 1.35 bits per heavy atom. The van der Waals surface area contributed by atoms with Gasteiger partial charge in [0.25, 0.3) is 0 Å². The molecule has 0 spiro atoms. The molecule has 0 amide bonds. The number of aryl methyl sites for hydroxylation is 1. The fourth-order valence-corrected chi connectivity index (χ4v) is 4.07. The molecule has 0 aromatic carbocycles. The number of aliphatic hydroxyl groups is 1. The summed E-state index contributed by atoms with van der Waals surface area (Å²) in [5.41, 5.74) is -0.465. The molecule has 3 atom stereocenters. The minimum atomic E-state index is -0.465. The zero-order valence-electron chi connectivity index (χ0n) is 11.2. The van der Waals surface area contributed by atoms with Crippen LogP contribution in [0.15, 0.2) is 12.1 Å². The molecule has 3 unspecified atom stereocenters. The summed E-state index contributed by atoms with van der Waals surface area (Å²) in [5, 5.41) is 10.9. The van der Waals surface area contributed by atoms with Crippen molar-refractivity contribution in [1.29, 1.82) is 0 Å². The average Bonchev–Trinajstić information content (AvgIpc) is 2.73. The highest BCUT2D eigenvalue weighted by molar-refractivity contribution is 7.12. The minimum absolute atomic E-state index is 0.420. The molecule has 1 saturated carbocycles. The fraction of sp³-hybridized carbons (Fsp3) is 0.733. The van der Waals surface area contributed by atoms with Crippen LogP contribution >= 0.6 is 11.3 Å². The van der Waals surface area contributed by atoms with E-state index in [0.29, 0.717) is 11.8 Å². The van der Waals surface area contributed by atoms with Gasteiger partial charge >= 0.3 is 0 Å². The summed E-state index contributed by atoms with van der Waals surface area (Å²) in [6, 6.07) is 4.41. The van der Waals surface area contributed by atoms with E-state index in [0.717, 1.165) is 19.3 Å². The highest BCUT2D eigenvalue weighted by Gasteiger charge is 2.39. The smallest absolute Gasteiger partial charge is 0.0723 e. The van der Waals surface area contributed by atoms with E-state index < -0.39 is 5.60 Å². The Bertz CT molecular complexity index is 371. The van der Waals surface area contributed by atoms with Gasteiger partial charge in [0.1, 0.15) is 0 Å². The third-order valence-corrected chi connectivity index (χ3v) is 5.75. The molecule has 0 saturated heterocycles. The monoisotopic (exact) mass is 252 g/mol. The normalized spacial score (nSPS) is 33.9. The van der Waals surface area contributed by atoms with Crippen LogP contribution in [0, 0.1) is 11.8 Å². The first kappa shape index (κ1) is 13.1. The highest BCUT2D eigenvalue weighted by atomic mass is 32.1. The van der Waals surface area contributed by atoms with Crippen molar-refractivity contribution in [2.75, 3.05) is 0 Å². The van der Waals surface area contributed by atoms with Crippen LogP contribution in [0.1, 0.15) is 49.8 Å². The Balaban J connectivity index is 2.10.